The summed E-state index contributed by atoms with van der Waals surface area (Å²) in [5.41, 5.74) is 4.01. The lowest BCUT2D eigenvalue weighted by Crippen LogP contribution is -2.47. The van der Waals surface area contributed by atoms with Crippen LogP contribution in [0.2, 0.25) is 0 Å². The number of aromatic amines is 1. The quantitative estimate of drug-likeness (QED) is 0.547. The van der Waals surface area contributed by atoms with Crippen molar-refractivity contribution in [3.05, 3.63) is 42.0 Å². The molecule has 2 aromatic carbocycles. The Morgan fingerprint density at radius 3 is 2.56 bits per heavy atom. The fourth-order valence-electron chi connectivity index (χ4n) is 4.71. The number of rotatable bonds is 3. The molecule has 0 bridgehead atoms. The highest BCUT2D eigenvalue weighted by atomic mass is 19.3. The number of benzene rings is 2. The zero-order valence-corrected chi connectivity index (χ0v) is 19.8. The Hall–Kier alpha value is -3.89. The van der Waals surface area contributed by atoms with Gasteiger partial charge in [-0.3, -0.25) is 4.90 Å². The van der Waals surface area contributed by atoms with E-state index in [0.29, 0.717) is 62.4 Å². The van der Waals surface area contributed by atoms with Gasteiger partial charge >= 0.3 is 12.1 Å². The molecule has 11 heteroatoms. The van der Waals surface area contributed by atoms with Crippen molar-refractivity contribution in [1.29, 1.82) is 0 Å². The number of hydrogen-bond acceptors (Lipinski definition) is 4. The molecular formula is C25H27F2N5O4. The van der Waals surface area contributed by atoms with E-state index in [2.05, 4.69) is 9.97 Å². The molecule has 3 aromatic rings. The van der Waals surface area contributed by atoms with Crippen LogP contribution in [0.1, 0.15) is 18.4 Å². The van der Waals surface area contributed by atoms with Crippen LogP contribution in [0.5, 0.6) is 5.75 Å². The Labute approximate surface area is 206 Å². The van der Waals surface area contributed by atoms with Crippen LogP contribution in [0.15, 0.2) is 36.4 Å². The number of alkyl halides is 2. The summed E-state index contributed by atoms with van der Waals surface area (Å²) in [7, 11) is 1.42. The van der Waals surface area contributed by atoms with E-state index in [1.165, 1.54) is 7.05 Å². The molecule has 36 heavy (non-hydrogen) atoms. The summed E-state index contributed by atoms with van der Waals surface area (Å²) in [6.45, 7) is 1.79. The molecule has 9 nitrogen and oxygen atoms in total. The number of anilines is 1. The van der Waals surface area contributed by atoms with Crippen LogP contribution < -0.4 is 9.64 Å². The molecule has 190 valence electrons. The lowest BCUT2D eigenvalue weighted by Gasteiger charge is -2.35. The number of piperidine rings is 1. The van der Waals surface area contributed by atoms with Crippen LogP contribution in [0, 0.1) is 5.92 Å². The zero-order valence-electron chi connectivity index (χ0n) is 19.8. The fraction of sp³-hybridized carbons (Fsp3) is 0.400. The predicted molar refractivity (Wildman–Crippen MR) is 130 cm³/mol. The monoisotopic (exact) mass is 499 g/mol. The van der Waals surface area contributed by atoms with Gasteiger partial charge in [-0.25, -0.2) is 23.4 Å². The van der Waals surface area contributed by atoms with Gasteiger partial charge in [-0.1, -0.05) is 12.1 Å². The number of ether oxygens (including phenoxy) is 1. The van der Waals surface area contributed by atoms with Crippen molar-refractivity contribution in [2.45, 2.75) is 25.8 Å². The van der Waals surface area contributed by atoms with Crippen LogP contribution in [0.3, 0.4) is 0 Å². The van der Waals surface area contributed by atoms with Crippen molar-refractivity contribution in [2.75, 3.05) is 38.2 Å². The summed E-state index contributed by atoms with van der Waals surface area (Å²) < 4.78 is 31.9. The van der Waals surface area contributed by atoms with Crippen molar-refractivity contribution in [2.24, 2.45) is 5.92 Å². The van der Waals surface area contributed by atoms with E-state index in [1.807, 2.05) is 36.4 Å². The summed E-state index contributed by atoms with van der Waals surface area (Å²) in [6.07, 6.45) is -2.83. The zero-order chi connectivity index (χ0) is 25.4. The van der Waals surface area contributed by atoms with Gasteiger partial charge in [-0.15, -0.1) is 0 Å². The summed E-state index contributed by atoms with van der Waals surface area (Å²) in [5.74, 6) is 0.299. The molecule has 0 spiro atoms. The number of imidazole rings is 1. The maximum atomic E-state index is 13.2. The number of amides is 3. The maximum Gasteiger partial charge on any atom is 0.413 e. The van der Waals surface area contributed by atoms with Crippen molar-refractivity contribution in [3.63, 3.8) is 0 Å². The van der Waals surface area contributed by atoms with Crippen LogP contribution >= 0.6 is 0 Å². The molecule has 3 amide bonds. The van der Waals surface area contributed by atoms with Gasteiger partial charge in [0.15, 0.2) is 0 Å². The lowest BCUT2D eigenvalue weighted by atomic mass is 9.97. The topological polar surface area (TPSA) is 102 Å². The molecule has 0 radical (unpaired) electrons. The highest BCUT2D eigenvalue weighted by molar-refractivity contribution is 5.88. The van der Waals surface area contributed by atoms with Gasteiger partial charge in [0.25, 0.3) is 0 Å². The van der Waals surface area contributed by atoms with E-state index in [-0.39, 0.29) is 12.0 Å². The molecule has 2 aliphatic rings. The van der Waals surface area contributed by atoms with Crippen LogP contribution in [0.4, 0.5) is 24.3 Å². The minimum absolute atomic E-state index is 0.154. The SMILES string of the molecule is CN(C(=O)O)c1nc2ccc(-c3ccc4c(c3)CN(C(=O)N3CCC(C(F)F)CC3)CCO4)cc2[nH]1. The largest absolute Gasteiger partial charge is 0.491 e. The molecule has 5 rings (SSSR count). The molecular weight excluding hydrogens is 472 g/mol. The third kappa shape index (κ3) is 4.65. The number of likely N-dealkylation sites (tertiary alicyclic amines) is 1. The number of halogens is 2. The first kappa shape index (κ1) is 23.8. The second-order valence-electron chi connectivity index (χ2n) is 9.17. The van der Waals surface area contributed by atoms with Crippen molar-refractivity contribution < 1.29 is 28.2 Å². The number of nitrogens with one attached hydrogen (secondary N) is 1. The predicted octanol–water partition coefficient (Wildman–Crippen LogP) is 4.64. The summed E-state index contributed by atoms with van der Waals surface area (Å²) in [5, 5.41) is 9.20. The van der Waals surface area contributed by atoms with Crippen molar-refractivity contribution in [3.8, 4) is 16.9 Å². The lowest BCUT2D eigenvalue weighted by molar-refractivity contribution is 0.0374. The van der Waals surface area contributed by atoms with Gasteiger partial charge in [0.2, 0.25) is 12.4 Å². The van der Waals surface area contributed by atoms with E-state index in [0.717, 1.165) is 21.6 Å². The number of carbonyl (C=O) groups is 2. The highest BCUT2D eigenvalue weighted by Gasteiger charge is 2.31. The Morgan fingerprint density at radius 1 is 1.11 bits per heavy atom. The highest BCUT2D eigenvalue weighted by Crippen LogP contribution is 2.32. The first-order valence-electron chi connectivity index (χ1n) is 11.8. The standard InChI is InChI=1S/C25H27F2N5O4/c1-30(25(34)35)23-28-19-4-2-17(13-20(19)29-23)16-3-5-21-18(12-16)14-32(10-11-36-21)24(33)31-8-6-15(7-9-31)22(26)27/h2-5,12-13,15,22H,6-11,14H2,1H3,(H,28,29)(H,34,35). The Bertz CT molecular complexity index is 1290. The normalized spacial score (nSPS) is 16.6. The molecule has 0 saturated carbocycles. The molecule has 2 aliphatic heterocycles. The van der Waals surface area contributed by atoms with Gasteiger partial charge in [-0.2, -0.15) is 0 Å². The number of aromatic nitrogens is 2. The number of carboxylic acid groups (broad SMARTS) is 1. The number of hydrogen-bond donors (Lipinski definition) is 2. The number of fused-ring (bicyclic) bond motifs is 2. The molecule has 1 saturated heterocycles. The fourth-order valence-corrected chi connectivity index (χ4v) is 4.71. The average Bonchev–Trinajstić information content (AvgIpc) is 3.19. The molecule has 3 heterocycles. The van der Waals surface area contributed by atoms with Gasteiger partial charge in [0.05, 0.1) is 24.1 Å². The third-order valence-corrected chi connectivity index (χ3v) is 6.88. The van der Waals surface area contributed by atoms with E-state index in [1.54, 1.807) is 9.80 Å². The summed E-state index contributed by atoms with van der Waals surface area (Å²) >= 11 is 0. The van der Waals surface area contributed by atoms with Crippen LogP contribution in [-0.2, 0) is 6.54 Å². The van der Waals surface area contributed by atoms with E-state index in [4.69, 9.17) is 4.74 Å². The molecule has 0 aliphatic carbocycles. The average molecular weight is 500 g/mol. The number of H-pyrrole nitrogens is 1. The van der Waals surface area contributed by atoms with Gasteiger partial charge < -0.3 is 24.6 Å². The Balaban J connectivity index is 1.35. The van der Waals surface area contributed by atoms with Gasteiger partial charge in [0.1, 0.15) is 12.4 Å². The van der Waals surface area contributed by atoms with E-state index >= 15 is 0 Å². The second-order valence-corrected chi connectivity index (χ2v) is 9.17. The van der Waals surface area contributed by atoms with Crippen molar-refractivity contribution >= 4 is 29.1 Å². The number of urea groups is 1. The molecule has 2 N–H and O–H groups in total. The minimum atomic E-state index is -2.34. The Kier molecular flexibility index (Phi) is 6.38. The first-order valence-corrected chi connectivity index (χ1v) is 11.8. The number of carbonyl (C=O) groups excluding carboxylic acids is 1. The minimum Gasteiger partial charge on any atom is -0.491 e. The van der Waals surface area contributed by atoms with Gasteiger partial charge in [0, 0.05) is 31.6 Å². The van der Waals surface area contributed by atoms with E-state index < -0.39 is 18.4 Å². The van der Waals surface area contributed by atoms with Crippen LogP contribution in [0.25, 0.3) is 22.2 Å². The van der Waals surface area contributed by atoms with E-state index in [9.17, 15) is 23.5 Å². The van der Waals surface area contributed by atoms with Crippen LogP contribution in [-0.4, -0.2) is 76.7 Å². The third-order valence-electron chi connectivity index (χ3n) is 6.88. The summed E-state index contributed by atoms with van der Waals surface area (Å²) in [6, 6.07) is 11.3. The smallest absolute Gasteiger partial charge is 0.413 e. The molecule has 0 atom stereocenters. The van der Waals surface area contributed by atoms with Crippen molar-refractivity contribution in [1.82, 2.24) is 19.8 Å². The molecule has 1 fully saturated rings. The van der Waals surface area contributed by atoms with Gasteiger partial charge in [-0.05, 0) is 48.2 Å². The first-order chi connectivity index (χ1) is 17.3. The maximum absolute atomic E-state index is 13.2. The second kappa shape index (κ2) is 9.63. The Morgan fingerprint density at radius 2 is 1.83 bits per heavy atom. The number of nitrogens with zero attached hydrogens (tertiary/aromatic N) is 4. The summed E-state index contributed by atoms with van der Waals surface area (Å²) in [4.78, 5) is 36.1. The molecule has 1 aromatic heterocycles. The molecule has 0 unspecified atom stereocenters.